The number of para-hydroxylation sites is 3. The number of rotatable bonds is 8. The monoisotopic (exact) mass is 830 g/mol. The second kappa shape index (κ2) is 15.6. The Morgan fingerprint density at radius 2 is 0.815 bits per heavy atom. The van der Waals surface area contributed by atoms with Crippen LogP contribution in [0.4, 0.5) is 17.1 Å². The van der Waals surface area contributed by atoms with Gasteiger partial charge < -0.3 is 9.47 Å². The van der Waals surface area contributed by atoms with Gasteiger partial charge in [0.05, 0.1) is 16.7 Å². The van der Waals surface area contributed by atoms with E-state index < -0.39 is 0 Å². The summed E-state index contributed by atoms with van der Waals surface area (Å²) < 4.78 is 2.43. The Morgan fingerprint density at radius 3 is 1.49 bits per heavy atom. The summed E-state index contributed by atoms with van der Waals surface area (Å²) >= 11 is 0. The van der Waals surface area contributed by atoms with E-state index in [1.807, 2.05) is 0 Å². The first-order valence-electron chi connectivity index (χ1n) is 22.6. The second-order valence-corrected chi connectivity index (χ2v) is 17.7. The molecular formula is C63H46N2. The van der Waals surface area contributed by atoms with Gasteiger partial charge in [0, 0.05) is 38.8 Å². The largest absolute Gasteiger partial charge is 0.310 e. The van der Waals surface area contributed by atoms with Crippen LogP contribution < -0.4 is 4.90 Å². The molecule has 0 fully saturated rings. The highest BCUT2D eigenvalue weighted by atomic mass is 15.1. The van der Waals surface area contributed by atoms with Crippen molar-refractivity contribution in [3.8, 4) is 61.3 Å². The molecular weight excluding hydrogens is 785 g/mol. The maximum atomic E-state index is 2.46. The van der Waals surface area contributed by atoms with Gasteiger partial charge in [-0.1, -0.05) is 196 Å². The molecule has 0 saturated heterocycles. The molecule has 1 aliphatic carbocycles. The molecule has 65 heavy (non-hydrogen) atoms. The third-order valence-electron chi connectivity index (χ3n) is 13.6. The zero-order valence-corrected chi connectivity index (χ0v) is 36.5. The minimum Gasteiger partial charge on any atom is -0.310 e. The Kier molecular flexibility index (Phi) is 9.21. The fourth-order valence-electron chi connectivity index (χ4n) is 10.4. The molecule has 0 aliphatic heterocycles. The predicted molar refractivity (Wildman–Crippen MR) is 275 cm³/mol. The lowest BCUT2D eigenvalue weighted by Crippen LogP contribution is -2.17. The maximum absolute atomic E-state index is 2.46. The van der Waals surface area contributed by atoms with Crippen LogP contribution in [0.5, 0.6) is 0 Å². The van der Waals surface area contributed by atoms with Crippen LogP contribution in [0.1, 0.15) is 25.0 Å². The molecule has 0 radical (unpaired) electrons. The van der Waals surface area contributed by atoms with Gasteiger partial charge in [0.1, 0.15) is 0 Å². The van der Waals surface area contributed by atoms with Gasteiger partial charge >= 0.3 is 0 Å². The third-order valence-corrected chi connectivity index (χ3v) is 13.6. The van der Waals surface area contributed by atoms with Gasteiger partial charge in [0.15, 0.2) is 0 Å². The van der Waals surface area contributed by atoms with Gasteiger partial charge in [-0.15, -0.1) is 0 Å². The standard InChI is InChI=1S/C63H46N2/c1-63(2)58-41-49(36-38-53(58)54-39-37-50(42-59(54)63)65-61-30-15-12-27-56(61)57-28-13-16-31-62(57)65)64(48-34-32-44(33-35-48)47-23-17-22-46(40-47)43-18-5-3-6-19-43)60-29-14-11-26-55(60)52-25-10-9-24-51(52)45-20-7-4-8-21-45/h3-42H,1-2H3. The average Bonchev–Trinajstić information content (AvgIpc) is 3.82. The second-order valence-electron chi connectivity index (χ2n) is 17.7. The van der Waals surface area contributed by atoms with Crippen LogP contribution in [0.25, 0.3) is 83.1 Å². The Bertz CT molecular complexity index is 3510. The van der Waals surface area contributed by atoms with Crippen molar-refractivity contribution in [1.82, 2.24) is 4.57 Å². The van der Waals surface area contributed by atoms with Crippen LogP contribution in [-0.2, 0) is 5.41 Å². The van der Waals surface area contributed by atoms with E-state index in [0.717, 1.165) is 17.1 Å². The Labute approximate surface area is 381 Å². The summed E-state index contributed by atoms with van der Waals surface area (Å²) in [7, 11) is 0. The van der Waals surface area contributed by atoms with Crippen molar-refractivity contribution in [2.45, 2.75) is 19.3 Å². The number of aromatic nitrogens is 1. The summed E-state index contributed by atoms with van der Waals surface area (Å²) in [6.45, 7) is 4.79. The van der Waals surface area contributed by atoms with Crippen molar-refractivity contribution < 1.29 is 0 Å². The fraction of sp³-hybridized carbons (Fsp3) is 0.0476. The molecule has 2 nitrogen and oxygen atoms in total. The summed E-state index contributed by atoms with van der Waals surface area (Å²) in [4.78, 5) is 2.46. The molecule has 2 heteroatoms. The fourth-order valence-corrected chi connectivity index (χ4v) is 10.4. The normalized spacial score (nSPS) is 12.6. The van der Waals surface area contributed by atoms with Crippen molar-refractivity contribution in [2.24, 2.45) is 0 Å². The van der Waals surface area contributed by atoms with E-state index in [9.17, 15) is 0 Å². The zero-order chi connectivity index (χ0) is 43.5. The van der Waals surface area contributed by atoms with Gasteiger partial charge in [0.2, 0.25) is 0 Å². The molecule has 0 bridgehead atoms. The number of hydrogen-bond acceptors (Lipinski definition) is 1. The first-order chi connectivity index (χ1) is 32.0. The van der Waals surface area contributed by atoms with Crippen LogP contribution in [0.15, 0.2) is 243 Å². The van der Waals surface area contributed by atoms with E-state index in [1.54, 1.807) is 0 Å². The molecule has 0 atom stereocenters. The summed E-state index contributed by atoms with van der Waals surface area (Å²) in [6.07, 6.45) is 0. The highest BCUT2D eigenvalue weighted by molar-refractivity contribution is 6.09. The Balaban J connectivity index is 0.998. The van der Waals surface area contributed by atoms with E-state index in [-0.39, 0.29) is 5.41 Å². The lowest BCUT2D eigenvalue weighted by Gasteiger charge is -2.30. The lowest BCUT2D eigenvalue weighted by atomic mass is 9.82. The van der Waals surface area contributed by atoms with Crippen LogP contribution in [-0.4, -0.2) is 4.57 Å². The van der Waals surface area contributed by atoms with Crippen molar-refractivity contribution in [1.29, 1.82) is 0 Å². The van der Waals surface area contributed by atoms with Gasteiger partial charge in [-0.2, -0.15) is 0 Å². The van der Waals surface area contributed by atoms with Crippen molar-refractivity contribution in [3.63, 3.8) is 0 Å². The van der Waals surface area contributed by atoms with Gasteiger partial charge in [-0.3, -0.25) is 0 Å². The number of nitrogens with zero attached hydrogens (tertiary/aromatic N) is 2. The van der Waals surface area contributed by atoms with Crippen LogP contribution >= 0.6 is 0 Å². The average molecular weight is 831 g/mol. The van der Waals surface area contributed by atoms with Crippen LogP contribution in [0.2, 0.25) is 0 Å². The molecule has 10 aromatic carbocycles. The molecule has 308 valence electrons. The van der Waals surface area contributed by atoms with Crippen LogP contribution in [0, 0.1) is 0 Å². The number of anilines is 3. The van der Waals surface area contributed by atoms with E-state index in [0.29, 0.717) is 0 Å². The lowest BCUT2D eigenvalue weighted by molar-refractivity contribution is 0.660. The third kappa shape index (κ3) is 6.49. The molecule has 0 unspecified atom stereocenters. The molecule has 12 rings (SSSR count). The summed E-state index contributed by atoms with van der Waals surface area (Å²) in [5.41, 5.74) is 21.5. The van der Waals surface area contributed by atoms with Gasteiger partial charge in [-0.05, 0) is 122 Å². The van der Waals surface area contributed by atoms with Crippen LogP contribution in [0.3, 0.4) is 0 Å². The maximum Gasteiger partial charge on any atom is 0.0541 e. The zero-order valence-electron chi connectivity index (χ0n) is 36.5. The molecule has 1 heterocycles. The highest BCUT2D eigenvalue weighted by Crippen LogP contribution is 2.52. The SMILES string of the molecule is CC1(C)c2cc(N(c3ccc(-c4cccc(-c5ccccc5)c4)cc3)c3ccccc3-c3ccccc3-c3ccccc3)ccc2-c2ccc(-n3c4ccccc4c4ccccc43)cc21. The molecule has 0 N–H and O–H groups in total. The van der Waals surface area contributed by atoms with Crippen molar-refractivity contribution in [3.05, 3.63) is 254 Å². The first-order valence-corrected chi connectivity index (χ1v) is 22.6. The smallest absolute Gasteiger partial charge is 0.0541 e. The van der Waals surface area contributed by atoms with E-state index >= 15 is 0 Å². The summed E-state index contributed by atoms with van der Waals surface area (Å²) in [5.74, 6) is 0. The van der Waals surface area contributed by atoms with E-state index in [4.69, 9.17) is 0 Å². The predicted octanol–water partition coefficient (Wildman–Crippen LogP) is 17.2. The van der Waals surface area contributed by atoms with Crippen molar-refractivity contribution >= 4 is 38.9 Å². The summed E-state index contributed by atoms with van der Waals surface area (Å²) in [5, 5.41) is 2.55. The minimum absolute atomic E-state index is 0.256. The Morgan fingerprint density at radius 1 is 0.323 bits per heavy atom. The molecule has 11 aromatic rings. The quantitative estimate of drug-likeness (QED) is 0.148. The van der Waals surface area contributed by atoms with Gasteiger partial charge in [0.25, 0.3) is 0 Å². The highest BCUT2D eigenvalue weighted by Gasteiger charge is 2.37. The topological polar surface area (TPSA) is 8.17 Å². The summed E-state index contributed by atoms with van der Waals surface area (Å²) in [6, 6.07) is 88.8. The molecule has 0 saturated carbocycles. The first kappa shape index (κ1) is 38.5. The Hall–Kier alpha value is -8.20. The molecule has 0 spiro atoms. The van der Waals surface area contributed by atoms with E-state index in [2.05, 4.69) is 266 Å². The number of fused-ring (bicyclic) bond motifs is 6. The van der Waals surface area contributed by atoms with Crippen molar-refractivity contribution in [2.75, 3.05) is 4.90 Å². The van der Waals surface area contributed by atoms with Gasteiger partial charge in [-0.25, -0.2) is 0 Å². The molecule has 1 aliphatic rings. The number of hydrogen-bond donors (Lipinski definition) is 0. The van der Waals surface area contributed by atoms with E-state index in [1.165, 1.54) is 94.3 Å². The molecule has 0 amide bonds. The minimum atomic E-state index is -0.256. The molecule has 1 aromatic heterocycles. The number of benzene rings is 10.